The topological polar surface area (TPSA) is 119 Å². The number of halogens is 2. The minimum absolute atomic E-state index is 0.126. The number of rotatable bonds is 8. The number of hydrogen-bond acceptors (Lipinski definition) is 6. The maximum absolute atomic E-state index is 16.4. The molecule has 3 aliphatic rings. The molecule has 48 heavy (non-hydrogen) atoms. The van der Waals surface area contributed by atoms with Gasteiger partial charge in [-0.25, -0.2) is 0 Å². The number of nitrogens with zero attached hydrogens (tertiary/aromatic N) is 2. The molecule has 3 aliphatic heterocycles. The molecule has 3 aromatic carbocycles. The van der Waals surface area contributed by atoms with E-state index in [0.29, 0.717) is 34.9 Å². The maximum atomic E-state index is 16.4. The lowest BCUT2D eigenvalue weighted by atomic mass is 9.82. The van der Waals surface area contributed by atoms with Gasteiger partial charge in [-0.05, 0) is 73.5 Å². The summed E-state index contributed by atoms with van der Waals surface area (Å²) in [4.78, 5) is 43.9. The van der Waals surface area contributed by atoms with E-state index in [0.717, 1.165) is 16.7 Å². The average molecular weight is 694 g/mol. The Hall–Kier alpha value is -3.61. The molecule has 0 unspecified atom stereocenters. The number of aliphatic hydroxyl groups excluding tert-OH is 2. The molecule has 3 aromatic rings. The van der Waals surface area contributed by atoms with Crippen molar-refractivity contribution in [2.24, 2.45) is 5.92 Å². The number of amides is 3. The Morgan fingerprint density at radius 2 is 1.81 bits per heavy atom. The third kappa shape index (κ3) is 6.07. The van der Waals surface area contributed by atoms with Crippen LogP contribution in [0.3, 0.4) is 0 Å². The molecular weight excluding hydrogens is 653 g/mol. The van der Waals surface area contributed by atoms with Gasteiger partial charge in [-0.15, -0.1) is 0 Å². The van der Waals surface area contributed by atoms with Crippen LogP contribution in [0.1, 0.15) is 42.5 Å². The van der Waals surface area contributed by atoms with Gasteiger partial charge in [0.2, 0.25) is 14.3 Å². The molecule has 0 saturated carbocycles. The molecule has 1 spiro atoms. The van der Waals surface area contributed by atoms with E-state index in [1.807, 2.05) is 31.2 Å². The summed E-state index contributed by atoms with van der Waals surface area (Å²) in [5.74, 6) is -1.74. The molecule has 6 atom stereocenters. The first-order chi connectivity index (χ1) is 22.7. The highest BCUT2D eigenvalue weighted by Gasteiger charge is 2.67. The number of hydrogen-bond donors (Lipinski definition) is 3. The van der Waals surface area contributed by atoms with Crippen molar-refractivity contribution in [3.05, 3.63) is 94.0 Å². The fourth-order valence-corrected chi connectivity index (χ4v) is 10.5. The fraction of sp³-hybridized carbons (Fsp3) is 0.417. The van der Waals surface area contributed by atoms with Crippen molar-refractivity contribution >= 4 is 49.1 Å². The van der Waals surface area contributed by atoms with Gasteiger partial charge in [-0.1, -0.05) is 54.9 Å². The Morgan fingerprint density at radius 3 is 2.46 bits per heavy atom. The second-order valence-electron chi connectivity index (χ2n) is 13.7. The highest BCUT2D eigenvalue weighted by atomic mass is 35.5. The Labute approximate surface area is 285 Å². The van der Waals surface area contributed by atoms with Crippen molar-refractivity contribution in [1.82, 2.24) is 4.90 Å². The van der Waals surface area contributed by atoms with Gasteiger partial charge < -0.3 is 34.2 Å². The summed E-state index contributed by atoms with van der Waals surface area (Å²) in [6.07, 6.45) is -1.64. The second kappa shape index (κ2) is 13.0. The summed E-state index contributed by atoms with van der Waals surface area (Å²) in [5.41, 5.74) is 2.27. The molecule has 6 rings (SSSR count). The first-order valence-corrected chi connectivity index (χ1v) is 19.6. The largest absolute Gasteiger partial charge is 0.394 e. The number of carbonyl (C=O) groups is 3. The number of ether oxygens (including phenoxy) is 1. The van der Waals surface area contributed by atoms with Crippen LogP contribution in [0.25, 0.3) is 0 Å². The van der Waals surface area contributed by atoms with Gasteiger partial charge in [0, 0.05) is 34.3 Å². The van der Waals surface area contributed by atoms with Crippen LogP contribution < -0.4 is 10.2 Å². The number of fused-ring (bicyclic) bond motifs is 3. The summed E-state index contributed by atoms with van der Waals surface area (Å²) in [5, 5.41) is 22.8. The minimum Gasteiger partial charge on any atom is -0.394 e. The molecular formula is C36H41ClFN3O6Si. The first kappa shape index (κ1) is 34.3. The Bertz CT molecular complexity index is 1730. The van der Waals surface area contributed by atoms with Crippen molar-refractivity contribution in [1.29, 1.82) is 0 Å². The molecule has 3 N–H and O–H groups in total. The van der Waals surface area contributed by atoms with Crippen LogP contribution in [-0.2, 0) is 44.2 Å². The molecule has 0 aromatic heterocycles. The third-order valence-electron chi connectivity index (χ3n) is 10.1. The van der Waals surface area contributed by atoms with E-state index in [1.165, 1.54) is 6.92 Å². The highest BCUT2D eigenvalue weighted by molar-refractivity contribution is 6.72. The fourth-order valence-electron chi connectivity index (χ4n) is 7.83. The summed E-state index contributed by atoms with van der Waals surface area (Å²) < 4.78 is 23.1. The summed E-state index contributed by atoms with van der Waals surface area (Å²) >= 11 is 6.50. The molecule has 12 heteroatoms. The summed E-state index contributed by atoms with van der Waals surface area (Å²) in [6.45, 7) is 6.71. The van der Waals surface area contributed by atoms with Crippen LogP contribution in [0.15, 0.2) is 66.7 Å². The van der Waals surface area contributed by atoms with E-state index >= 15 is 4.11 Å². The van der Waals surface area contributed by atoms with Gasteiger partial charge in [-0.3, -0.25) is 14.4 Å². The van der Waals surface area contributed by atoms with E-state index in [-0.39, 0.29) is 31.4 Å². The summed E-state index contributed by atoms with van der Waals surface area (Å²) in [6, 6.07) is 19.5. The van der Waals surface area contributed by atoms with E-state index < -0.39 is 49.6 Å². The van der Waals surface area contributed by atoms with Gasteiger partial charge in [-0.2, -0.15) is 0 Å². The highest BCUT2D eigenvalue weighted by Crippen LogP contribution is 2.60. The number of aliphatic hydroxyl groups is 2. The number of anilines is 2. The first-order valence-electron chi connectivity index (χ1n) is 16.3. The molecule has 3 amide bonds. The van der Waals surface area contributed by atoms with Crippen LogP contribution in [0.5, 0.6) is 0 Å². The predicted octanol–water partition coefficient (Wildman–Crippen LogP) is 5.32. The standard InChI is InChI=1S/C36H41ClFN3O6Si/c1-21-33(48(3,4)38)31(17-32(44)40-19-25-8-6-5-7-24(25)15-28(40)20-42)47-36(21)29-16-26(37)11-14-30(29)41(35(36)46)18-23-9-12-27(13-10-23)39-34(45)22(2)43/h5-14,16,21-22,28,31,33,42-43H,15,17-20H2,1-4H3,(H,39,45)/t21-,22+,28+,31+,33-,36+/m1/s1. The van der Waals surface area contributed by atoms with Crippen molar-refractivity contribution < 1.29 is 33.4 Å². The van der Waals surface area contributed by atoms with Crippen molar-refractivity contribution in [2.75, 3.05) is 16.8 Å². The molecule has 254 valence electrons. The predicted molar refractivity (Wildman–Crippen MR) is 184 cm³/mol. The molecule has 0 bridgehead atoms. The van der Waals surface area contributed by atoms with Crippen molar-refractivity contribution in [2.45, 2.75) is 82.3 Å². The molecule has 0 aliphatic carbocycles. The van der Waals surface area contributed by atoms with Crippen LogP contribution in [-0.4, -0.2) is 66.1 Å². The zero-order chi connectivity index (χ0) is 34.5. The lowest BCUT2D eigenvalue weighted by Crippen LogP contribution is -2.48. The van der Waals surface area contributed by atoms with Crippen LogP contribution in [0.4, 0.5) is 15.5 Å². The molecule has 1 saturated heterocycles. The second-order valence-corrected chi connectivity index (χ2v) is 18.0. The smallest absolute Gasteiger partial charge is 0.264 e. The zero-order valence-corrected chi connectivity index (χ0v) is 29.2. The van der Waals surface area contributed by atoms with Gasteiger partial charge in [0.15, 0.2) is 5.60 Å². The van der Waals surface area contributed by atoms with Crippen LogP contribution >= 0.6 is 11.6 Å². The maximum Gasteiger partial charge on any atom is 0.264 e. The van der Waals surface area contributed by atoms with Gasteiger partial charge in [0.25, 0.3) is 11.8 Å². The van der Waals surface area contributed by atoms with Gasteiger partial charge in [0.1, 0.15) is 6.10 Å². The lowest BCUT2D eigenvalue weighted by molar-refractivity contribution is -0.151. The van der Waals surface area contributed by atoms with Crippen LogP contribution in [0.2, 0.25) is 23.7 Å². The Morgan fingerprint density at radius 1 is 1.12 bits per heavy atom. The quantitative estimate of drug-likeness (QED) is 0.217. The monoisotopic (exact) mass is 693 g/mol. The lowest BCUT2D eigenvalue weighted by Gasteiger charge is -2.37. The molecule has 9 nitrogen and oxygen atoms in total. The zero-order valence-electron chi connectivity index (χ0n) is 27.5. The SMILES string of the molecule is C[C@H](O)C(=O)Nc1ccc(CN2C(=O)[C@@]3(O[C@@H](CC(=O)N4Cc5ccccc5C[C@H]4CO)[C@H]([Si](C)(C)F)[C@H]3C)c3cc(Cl)ccc32)cc1. The van der Waals surface area contributed by atoms with Crippen LogP contribution in [0, 0.1) is 5.92 Å². The molecule has 3 heterocycles. The Kier molecular flexibility index (Phi) is 9.29. The average Bonchev–Trinajstić information content (AvgIpc) is 3.46. The van der Waals surface area contributed by atoms with Crippen molar-refractivity contribution in [3.8, 4) is 0 Å². The van der Waals surface area contributed by atoms with E-state index in [1.54, 1.807) is 65.4 Å². The number of benzene rings is 3. The number of nitrogens with one attached hydrogen (secondary N) is 1. The van der Waals surface area contributed by atoms with E-state index in [9.17, 15) is 24.6 Å². The van der Waals surface area contributed by atoms with Gasteiger partial charge >= 0.3 is 0 Å². The van der Waals surface area contributed by atoms with Crippen molar-refractivity contribution in [3.63, 3.8) is 0 Å². The minimum atomic E-state index is -3.53. The Balaban J connectivity index is 1.31. The van der Waals surface area contributed by atoms with E-state index in [2.05, 4.69) is 5.32 Å². The normalized spacial score (nSPS) is 25.6. The van der Waals surface area contributed by atoms with Gasteiger partial charge in [0.05, 0.1) is 37.4 Å². The molecule has 0 radical (unpaired) electrons. The van der Waals surface area contributed by atoms with E-state index in [4.69, 9.17) is 16.3 Å². The summed E-state index contributed by atoms with van der Waals surface area (Å²) in [7, 11) is -3.53. The molecule has 1 fully saturated rings. The third-order valence-corrected chi connectivity index (χ3v) is 12.8. The number of carbonyl (C=O) groups excluding carboxylic acids is 3.